The third-order valence-electron chi connectivity index (χ3n) is 4.38. The zero-order valence-electron chi connectivity index (χ0n) is 13.3. The molecule has 25 heavy (non-hydrogen) atoms. The first-order chi connectivity index (χ1) is 12.2. The van der Waals surface area contributed by atoms with Crippen LogP contribution in [0.2, 0.25) is 0 Å². The van der Waals surface area contributed by atoms with Crippen LogP contribution in [0.5, 0.6) is 11.5 Å². The van der Waals surface area contributed by atoms with E-state index in [0.717, 1.165) is 33.2 Å². The number of aromatic amines is 1. The minimum atomic E-state index is 0.0414. The van der Waals surface area contributed by atoms with Crippen molar-refractivity contribution in [3.05, 3.63) is 72.4 Å². The van der Waals surface area contributed by atoms with Crippen LogP contribution in [-0.2, 0) is 0 Å². The SMILES string of the molecule is N=Cc1c[nH]c2ccc(-c3ccc(-c4ccc(O)cc4O)cc3)cc12. The van der Waals surface area contributed by atoms with Gasteiger partial charge in [-0.15, -0.1) is 0 Å². The topological polar surface area (TPSA) is 80.1 Å². The van der Waals surface area contributed by atoms with Gasteiger partial charge in [-0.1, -0.05) is 30.3 Å². The molecule has 0 bridgehead atoms. The molecule has 0 saturated heterocycles. The minimum absolute atomic E-state index is 0.0414. The van der Waals surface area contributed by atoms with Crippen LogP contribution in [0.3, 0.4) is 0 Å². The van der Waals surface area contributed by atoms with Crippen molar-refractivity contribution < 1.29 is 10.2 Å². The van der Waals surface area contributed by atoms with Gasteiger partial charge in [-0.2, -0.15) is 0 Å². The average molecular weight is 328 g/mol. The molecule has 0 spiro atoms. The van der Waals surface area contributed by atoms with Crippen LogP contribution < -0.4 is 0 Å². The first kappa shape index (κ1) is 15.0. The number of hydrogen-bond acceptors (Lipinski definition) is 3. The summed E-state index contributed by atoms with van der Waals surface area (Å²) in [5.74, 6) is 0.0943. The van der Waals surface area contributed by atoms with Gasteiger partial charge in [0.15, 0.2) is 0 Å². The predicted octanol–water partition coefficient (Wildman–Crippen LogP) is 4.91. The third kappa shape index (κ3) is 2.64. The van der Waals surface area contributed by atoms with Crippen LogP contribution in [0, 0.1) is 5.41 Å². The van der Waals surface area contributed by atoms with Crippen molar-refractivity contribution in [2.75, 3.05) is 0 Å². The zero-order chi connectivity index (χ0) is 17.4. The Bertz CT molecular complexity index is 1080. The minimum Gasteiger partial charge on any atom is -0.508 e. The van der Waals surface area contributed by atoms with Crippen LogP contribution in [0.4, 0.5) is 0 Å². The van der Waals surface area contributed by atoms with Crippen molar-refractivity contribution in [2.45, 2.75) is 0 Å². The summed E-state index contributed by atoms with van der Waals surface area (Å²) in [7, 11) is 0. The Morgan fingerprint density at radius 1 is 0.800 bits per heavy atom. The van der Waals surface area contributed by atoms with E-state index >= 15 is 0 Å². The van der Waals surface area contributed by atoms with E-state index in [2.05, 4.69) is 11.1 Å². The zero-order valence-corrected chi connectivity index (χ0v) is 13.3. The van der Waals surface area contributed by atoms with E-state index in [1.54, 1.807) is 12.1 Å². The Morgan fingerprint density at radius 2 is 1.52 bits per heavy atom. The first-order valence-corrected chi connectivity index (χ1v) is 7.90. The van der Waals surface area contributed by atoms with Gasteiger partial charge in [-0.25, -0.2) is 0 Å². The van der Waals surface area contributed by atoms with E-state index in [1.165, 1.54) is 12.3 Å². The lowest BCUT2D eigenvalue weighted by Gasteiger charge is -2.08. The molecule has 1 heterocycles. The van der Waals surface area contributed by atoms with E-state index in [-0.39, 0.29) is 11.5 Å². The maximum atomic E-state index is 10.00. The van der Waals surface area contributed by atoms with Gasteiger partial charge < -0.3 is 20.6 Å². The molecule has 4 N–H and O–H groups in total. The number of phenols is 2. The molecular weight excluding hydrogens is 312 g/mol. The van der Waals surface area contributed by atoms with Crippen LogP contribution in [0.15, 0.2) is 66.9 Å². The normalized spacial score (nSPS) is 10.9. The van der Waals surface area contributed by atoms with Gasteiger partial charge in [0.25, 0.3) is 0 Å². The highest BCUT2D eigenvalue weighted by Gasteiger charge is 2.07. The maximum absolute atomic E-state index is 10.00. The average Bonchev–Trinajstić information content (AvgIpc) is 3.04. The van der Waals surface area contributed by atoms with Gasteiger partial charge in [0, 0.05) is 40.5 Å². The molecule has 0 atom stereocenters. The van der Waals surface area contributed by atoms with E-state index < -0.39 is 0 Å². The second kappa shape index (κ2) is 5.83. The number of hydrogen-bond donors (Lipinski definition) is 4. The highest BCUT2D eigenvalue weighted by Crippen LogP contribution is 2.33. The van der Waals surface area contributed by atoms with Crippen molar-refractivity contribution in [3.8, 4) is 33.8 Å². The monoisotopic (exact) mass is 328 g/mol. The molecular formula is C21H16N2O2. The Labute approximate surface area is 144 Å². The summed E-state index contributed by atoms with van der Waals surface area (Å²) in [5.41, 5.74) is 5.55. The Kier molecular flexibility index (Phi) is 3.51. The van der Waals surface area contributed by atoms with Crippen molar-refractivity contribution >= 4 is 17.1 Å². The number of fused-ring (bicyclic) bond motifs is 1. The van der Waals surface area contributed by atoms with Gasteiger partial charge in [-0.3, -0.25) is 0 Å². The number of nitrogens with one attached hydrogen (secondary N) is 2. The molecule has 0 aliphatic rings. The fraction of sp³-hybridized carbons (Fsp3) is 0. The summed E-state index contributed by atoms with van der Waals surface area (Å²) < 4.78 is 0. The summed E-state index contributed by atoms with van der Waals surface area (Å²) in [6, 6.07) is 18.6. The molecule has 0 saturated carbocycles. The lowest BCUT2D eigenvalue weighted by atomic mass is 9.98. The molecule has 0 unspecified atom stereocenters. The number of phenolic OH excluding ortho intramolecular Hbond substituents is 2. The largest absolute Gasteiger partial charge is 0.508 e. The van der Waals surface area contributed by atoms with E-state index in [1.807, 2.05) is 42.6 Å². The van der Waals surface area contributed by atoms with Gasteiger partial charge in [0.2, 0.25) is 0 Å². The third-order valence-corrected chi connectivity index (χ3v) is 4.38. The fourth-order valence-corrected chi connectivity index (χ4v) is 3.05. The van der Waals surface area contributed by atoms with Gasteiger partial charge in [-0.05, 0) is 41.0 Å². The number of rotatable bonds is 3. The van der Waals surface area contributed by atoms with E-state index in [0.29, 0.717) is 5.56 Å². The van der Waals surface area contributed by atoms with Crippen LogP contribution in [-0.4, -0.2) is 21.4 Å². The molecule has 0 aliphatic carbocycles. The lowest BCUT2D eigenvalue weighted by molar-refractivity contribution is 0.452. The first-order valence-electron chi connectivity index (χ1n) is 7.90. The molecule has 4 nitrogen and oxygen atoms in total. The van der Waals surface area contributed by atoms with Crippen molar-refractivity contribution in [1.29, 1.82) is 5.41 Å². The summed E-state index contributed by atoms with van der Waals surface area (Å²) >= 11 is 0. The smallest absolute Gasteiger partial charge is 0.127 e. The van der Waals surface area contributed by atoms with E-state index in [9.17, 15) is 10.2 Å². The predicted molar refractivity (Wildman–Crippen MR) is 100 cm³/mol. The summed E-state index contributed by atoms with van der Waals surface area (Å²) in [5, 5.41) is 27.9. The fourth-order valence-electron chi connectivity index (χ4n) is 3.05. The Hall–Kier alpha value is -3.53. The van der Waals surface area contributed by atoms with Crippen LogP contribution in [0.1, 0.15) is 5.56 Å². The van der Waals surface area contributed by atoms with Crippen molar-refractivity contribution in [2.24, 2.45) is 0 Å². The second-order valence-electron chi connectivity index (χ2n) is 5.93. The molecule has 1 aromatic heterocycles. The Morgan fingerprint density at radius 3 is 2.24 bits per heavy atom. The number of aromatic hydroxyl groups is 2. The van der Waals surface area contributed by atoms with Crippen molar-refractivity contribution in [3.63, 3.8) is 0 Å². The quantitative estimate of drug-likeness (QED) is 0.403. The molecule has 4 rings (SSSR count). The molecule has 0 amide bonds. The molecule has 3 aromatic carbocycles. The standard InChI is InChI=1S/C21H16N2O2/c22-11-16-12-23-20-8-5-15(9-19(16)20)13-1-3-14(4-2-13)18-7-6-17(24)10-21(18)25/h1-12,22-25H. The molecule has 0 fully saturated rings. The molecule has 0 radical (unpaired) electrons. The highest BCUT2D eigenvalue weighted by atomic mass is 16.3. The maximum Gasteiger partial charge on any atom is 0.127 e. The highest BCUT2D eigenvalue weighted by molar-refractivity contribution is 5.99. The summed E-state index contributed by atoms with van der Waals surface area (Å²) in [6.07, 6.45) is 3.18. The lowest BCUT2D eigenvalue weighted by Crippen LogP contribution is -1.82. The summed E-state index contributed by atoms with van der Waals surface area (Å²) in [6.45, 7) is 0. The number of H-pyrrole nitrogens is 1. The van der Waals surface area contributed by atoms with Gasteiger partial charge in [0.1, 0.15) is 11.5 Å². The number of benzene rings is 3. The molecule has 122 valence electrons. The molecule has 4 heteroatoms. The molecule has 0 aliphatic heterocycles. The van der Waals surface area contributed by atoms with Gasteiger partial charge >= 0.3 is 0 Å². The Balaban J connectivity index is 1.73. The van der Waals surface area contributed by atoms with Gasteiger partial charge in [0.05, 0.1) is 0 Å². The second-order valence-corrected chi connectivity index (χ2v) is 5.93. The van der Waals surface area contributed by atoms with Crippen LogP contribution in [0.25, 0.3) is 33.2 Å². The summed E-state index contributed by atoms with van der Waals surface area (Å²) in [4.78, 5) is 3.16. The van der Waals surface area contributed by atoms with E-state index in [4.69, 9.17) is 5.41 Å². The number of aromatic nitrogens is 1. The van der Waals surface area contributed by atoms with Crippen LogP contribution >= 0.6 is 0 Å². The van der Waals surface area contributed by atoms with Crippen molar-refractivity contribution in [1.82, 2.24) is 4.98 Å². The molecule has 4 aromatic rings.